The first-order valence-corrected chi connectivity index (χ1v) is 13.7. The number of anilines is 1. The molecule has 7 nitrogen and oxygen atoms in total. The van der Waals surface area contributed by atoms with Crippen LogP contribution < -0.4 is 9.62 Å². The van der Waals surface area contributed by atoms with Crippen LogP contribution in [0.5, 0.6) is 0 Å². The van der Waals surface area contributed by atoms with Crippen molar-refractivity contribution in [2.75, 3.05) is 23.7 Å². The molecule has 0 aromatic heterocycles. The molecule has 0 heterocycles. The van der Waals surface area contributed by atoms with Gasteiger partial charge in [-0.3, -0.25) is 13.9 Å². The molecule has 0 aliphatic heterocycles. The second-order valence-corrected chi connectivity index (χ2v) is 10.9. The molecule has 2 rings (SSSR count). The van der Waals surface area contributed by atoms with Crippen LogP contribution in [0.3, 0.4) is 0 Å². The van der Waals surface area contributed by atoms with Crippen LogP contribution in [0.2, 0.25) is 15.1 Å². The van der Waals surface area contributed by atoms with E-state index in [2.05, 4.69) is 5.32 Å². The Balaban J connectivity index is 2.41. The molecule has 0 bridgehead atoms. The summed E-state index contributed by atoms with van der Waals surface area (Å²) in [5, 5.41) is 3.40. The Kier molecular flexibility index (Phi) is 10.5. The van der Waals surface area contributed by atoms with Gasteiger partial charge >= 0.3 is 0 Å². The molecule has 2 aromatic rings. The molecule has 0 saturated carbocycles. The smallest absolute Gasteiger partial charge is 0.244 e. The Morgan fingerprint density at radius 1 is 1.03 bits per heavy atom. The van der Waals surface area contributed by atoms with Gasteiger partial charge in [0.05, 0.1) is 22.0 Å². The van der Waals surface area contributed by atoms with E-state index in [1.807, 2.05) is 6.92 Å². The average Bonchev–Trinajstić information content (AvgIpc) is 2.77. The Bertz CT molecular complexity index is 1130. The molecule has 0 radical (unpaired) electrons. The summed E-state index contributed by atoms with van der Waals surface area (Å²) in [4.78, 5) is 27.6. The van der Waals surface area contributed by atoms with Crippen molar-refractivity contribution in [2.45, 2.75) is 39.3 Å². The van der Waals surface area contributed by atoms with Crippen molar-refractivity contribution in [1.29, 1.82) is 0 Å². The van der Waals surface area contributed by atoms with Crippen molar-refractivity contribution in [3.63, 3.8) is 0 Å². The fourth-order valence-corrected chi connectivity index (χ4v) is 4.71. The third-order valence-corrected chi connectivity index (χ3v) is 7.48. The van der Waals surface area contributed by atoms with Crippen LogP contribution in [0.15, 0.2) is 42.5 Å². The molecule has 0 aliphatic rings. The molecule has 0 saturated heterocycles. The molecular formula is C23H28Cl3N3O4S. The molecule has 11 heteroatoms. The third-order valence-electron chi connectivity index (χ3n) is 5.17. The van der Waals surface area contributed by atoms with Gasteiger partial charge in [-0.05, 0) is 37.1 Å². The summed E-state index contributed by atoms with van der Waals surface area (Å²) < 4.78 is 26.1. The summed E-state index contributed by atoms with van der Waals surface area (Å²) in [5.41, 5.74) is 0.695. The van der Waals surface area contributed by atoms with E-state index in [4.69, 9.17) is 34.8 Å². The molecule has 0 aliphatic carbocycles. The van der Waals surface area contributed by atoms with Crippen molar-refractivity contribution >= 4 is 62.3 Å². The molecule has 1 N–H and O–H groups in total. The third kappa shape index (κ3) is 7.50. The van der Waals surface area contributed by atoms with Gasteiger partial charge < -0.3 is 10.2 Å². The molecule has 186 valence electrons. The van der Waals surface area contributed by atoms with Crippen LogP contribution in [0.1, 0.15) is 32.3 Å². The number of hydrogen-bond acceptors (Lipinski definition) is 4. The zero-order chi connectivity index (χ0) is 25.5. The van der Waals surface area contributed by atoms with Crippen molar-refractivity contribution < 1.29 is 18.0 Å². The van der Waals surface area contributed by atoms with Crippen LogP contribution >= 0.6 is 34.8 Å². The first-order valence-electron chi connectivity index (χ1n) is 10.7. The van der Waals surface area contributed by atoms with Gasteiger partial charge in [-0.25, -0.2) is 8.42 Å². The number of nitrogens with zero attached hydrogens (tertiary/aromatic N) is 2. The maximum atomic E-state index is 13.5. The first kappa shape index (κ1) is 28.2. The highest BCUT2D eigenvalue weighted by Gasteiger charge is 2.31. The molecule has 0 fully saturated rings. The van der Waals surface area contributed by atoms with Gasteiger partial charge in [0.15, 0.2) is 0 Å². The fourth-order valence-electron chi connectivity index (χ4n) is 3.21. The summed E-state index contributed by atoms with van der Waals surface area (Å²) in [7, 11) is -3.91. The molecular weight excluding hydrogens is 521 g/mol. The second-order valence-electron chi connectivity index (χ2n) is 7.78. The second kappa shape index (κ2) is 12.6. The molecule has 34 heavy (non-hydrogen) atoms. The van der Waals surface area contributed by atoms with Crippen LogP contribution in [0.4, 0.5) is 5.69 Å². The van der Waals surface area contributed by atoms with Gasteiger partial charge in [-0.2, -0.15) is 0 Å². The Morgan fingerprint density at radius 3 is 2.29 bits per heavy atom. The Hall–Kier alpha value is -2.00. The lowest BCUT2D eigenvalue weighted by Crippen LogP contribution is -2.51. The molecule has 2 amide bonds. The van der Waals surface area contributed by atoms with Crippen molar-refractivity contribution in [3.05, 3.63) is 63.1 Å². The quantitative estimate of drug-likeness (QED) is 0.411. The number of benzene rings is 2. The van der Waals surface area contributed by atoms with Crippen LogP contribution in [0.25, 0.3) is 0 Å². The maximum absolute atomic E-state index is 13.5. The van der Waals surface area contributed by atoms with Gasteiger partial charge in [-0.1, -0.05) is 72.4 Å². The van der Waals surface area contributed by atoms with Gasteiger partial charge in [0.1, 0.15) is 12.6 Å². The summed E-state index contributed by atoms with van der Waals surface area (Å²) in [6.07, 6.45) is 2.67. The summed E-state index contributed by atoms with van der Waals surface area (Å²) in [6, 6.07) is 10.6. The number of rotatable bonds is 11. The lowest BCUT2D eigenvalue weighted by molar-refractivity contribution is -0.139. The van der Waals surface area contributed by atoms with E-state index in [0.29, 0.717) is 17.1 Å². The number of carbonyl (C=O) groups excluding carboxylic acids is 2. The summed E-state index contributed by atoms with van der Waals surface area (Å²) in [6.45, 7) is 3.51. The largest absolute Gasteiger partial charge is 0.354 e. The van der Waals surface area contributed by atoms with Crippen LogP contribution in [-0.2, 0) is 26.2 Å². The number of hydrogen-bond donors (Lipinski definition) is 1. The van der Waals surface area contributed by atoms with E-state index in [1.54, 1.807) is 31.2 Å². The predicted octanol–water partition coefficient (Wildman–Crippen LogP) is 4.75. The minimum absolute atomic E-state index is 0.00500. The topological polar surface area (TPSA) is 86.8 Å². The number of unbranched alkanes of at least 4 members (excludes halogenated alkanes) is 1. The van der Waals surface area contributed by atoms with E-state index in [0.717, 1.165) is 23.4 Å². The Labute approximate surface area is 216 Å². The van der Waals surface area contributed by atoms with E-state index >= 15 is 0 Å². The molecule has 2 aromatic carbocycles. The normalized spacial score (nSPS) is 12.2. The zero-order valence-electron chi connectivity index (χ0n) is 19.2. The van der Waals surface area contributed by atoms with Gasteiger partial charge in [0.2, 0.25) is 21.8 Å². The Morgan fingerprint density at radius 2 is 1.68 bits per heavy atom. The molecule has 1 atom stereocenters. The zero-order valence-corrected chi connectivity index (χ0v) is 22.3. The highest BCUT2D eigenvalue weighted by Crippen LogP contribution is 2.33. The number of amides is 2. The molecule has 0 spiro atoms. The SMILES string of the molecule is CCCCNC(=O)[C@@H](C)N(Cc1ccccc1Cl)C(=O)CN(c1cccc(Cl)c1Cl)S(C)(=O)=O. The minimum Gasteiger partial charge on any atom is -0.354 e. The first-order chi connectivity index (χ1) is 16.0. The van der Waals surface area contributed by atoms with Crippen molar-refractivity contribution in [1.82, 2.24) is 10.2 Å². The number of sulfonamides is 1. The van der Waals surface area contributed by atoms with Gasteiger partial charge in [0.25, 0.3) is 0 Å². The minimum atomic E-state index is -3.91. The van der Waals surface area contributed by atoms with Crippen molar-refractivity contribution in [3.8, 4) is 0 Å². The van der Waals surface area contributed by atoms with E-state index in [-0.39, 0.29) is 28.2 Å². The molecule has 0 unspecified atom stereocenters. The summed E-state index contributed by atoms with van der Waals surface area (Å²) >= 11 is 18.6. The van der Waals surface area contributed by atoms with E-state index in [9.17, 15) is 18.0 Å². The van der Waals surface area contributed by atoms with Crippen LogP contribution in [0, 0.1) is 0 Å². The van der Waals surface area contributed by atoms with E-state index < -0.39 is 28.5 Å². The maximum Gasteiger partial charge on any atom is 0.244 e. The number of nitrogens with one attached hydrogen (secondary N) is 1. The standard InChI is InChI=1S/C23H28Cl3N3O4S/c1-4-5-13-27-23(31)16(2)28(14-17-9-6-7-10-18(17)24)21(30)15-29(34(3,32)33)20-12-8-11-19(25)22(20)26/h6-12,16H,4-5,13-15H2,1-3H3,(H,27,31)/t16-/m1/s1. The lowest BCUT2D eigenvalue weighted by Gasteiger charge is -2.32. The van der Waals surface area contributed by atoms with E-state index in [1.165, 1.54) is 23.1 Å². The predicted molar refractivity (Wildman–Crippen MR) is 138 cm³/mol. The monoisotopic (exact) mass is 547 g/mol. The fraction of sp³-hybridized carbons (Fsp3) is 0.391. The van der Waals surface area contributed by atoms with Crippen LogP contribution in [-0.4, -0.2) is 50.5 Å². The lowest BCUT2D eigenvalue weighted by atomic mass is 10.1. The van der Waals surface area contributed by atoms with Gasteiger partial charge in [-0.15, -0.1) is 0 Å². The van der Waals surface area contributed by atoms with Crippen molar-refractivity contribution in [2.24, 2.45) is 0 Å². The highest BCUT2D eigenvalue weighted by atomic mass is 35.5. The number of halogens is 3. The highest BCUT2D eigenvalue weighted by molar-refractivity contribution is 7.92. The van der Waals surface area contributed by atoms with Gasteiger partial charge in [0, 0.05) is 18.1 Å². The summed E-state index contributed by atoms with van der Waals surface area (Å²) in [5.74, 6) is -0.944. The average molecular weight is 549 g/mol. The number of carbonyl (C=O) groups is 2.